The van der Waals surface area contributed by atoms with Gasteiger partial charge in [0.2, 0.25) is 0 Å². The number of unbranched alkanes of at least 4 members (excludes halogenated alkanes) is 2. The lowest BCUT2D eigenvalue weighted by atomic mass is 10.1. The number of ether oxygens (including phenoxy) is 1. The molecule has 1 unspecified atom stereocenters. The van der Waals surface area contributed by atoms with E-state index in [4.69, 9.17) is 14.6 Å². The van der Waals surface area contributed by atoms with Gasteiger partial charge >= 0.3 is 0 Å². The lowest BCUT2D eigenvalue weighted by Gasteiger charge is -2.00. The van der Waals surface area contributed by atoms with Crippen LogP contribution in [-0.4, -0.2) is 42.3 Å². The Balaban J connectivity index is -0.000000297. The second kappa shape index (κ2) is 36.0. The Labute approximate surface area is 258 Å². The predicted molar refractivity (Wildman–Crippen MR) is 180 cm³/mol. The molecule has 0 radical (unpaired) electrons. The number of hydrogen-bond donors (Lipinski definition) is 1. The number of aliphatic hydroxyl groups is 1. The molecule has 1 N–H and O–H groups in total. The van der Waals surface area contributed by atoms with E-state index in [1.165, 1.54) is 45.6 Å². The van der Waals surface area contributed by atoms with E-state index in [2.05, 4.69) is 56.9 Å². The van der Waals surface area contributed by atoms with Gasteiger partial charge in [-0.3, -0.25) is 9.59 Å². The van der Waals surface area contributed by atoms with Gasteiger partial charge in [-0.2, -0.15) is 0 Å². The zero-order valence-corrected chi connectivity index (χ0v) is 28.5. The summed E-state index contributed by atoms with van der Waals surface area (Å²) in [6.45, 7) is 22.1. The molecule has 0 fully saturated rings. The monoisotopic (exact) mass is 584 g/mol. The Bertz CT molecular complexity index is 929. The summed E-state index contributed by atoms with van der Waals surface area (Å²) in [7, 11) is 0. The van der Waals surface area contributed by atoms with Crippen LogP contribution in [-0.2, 0) is 20.7 Å². The summed E-state index contributed by atoms with van der Waals surface area (Å²) < 4.78 is 5.13. The van der Waals surface area contributed by atoms with Crippen LogP contribution in [0.4, 0.5) is 0 Å². The Hall–Kier alpha value is -3.07. The fourth-order valence-electron chi connectivity index (χ4n) is 2.66. The van der Waals surface area contributed by atoms with Gasteiger partial charge in [0.25, 0.3) is 0 Å². The molecule has 0 bridgehead atoms. The molecule has 0 amide bonds. The molecule has 42 heavy (non-hydrogen) atoms. The molecule has 0 spiro atoms. The van der Waals surface area contributed by atoms with Gasteiger partial charge in [0.15, 0.2) is 11.6 Å². The van der Waals surface area contributed by atoms with E-state index in [9.17, 15) is 9.59 Å². The van der Waals surface area contributed by atoms with Crippen LogP contribution in [0, 0.1) is 11.8 Å². The number of Topliss-reactive ketones (excluding diaryl/α,β-unsaturated/α-hetero) is 2. The number of rotatable bonds is 10. The zero-order valence-electron chi connectivity index (χ0n) is 28.5. The first-order valence-electron chi connectivity index (χ1n) is 15.5. The van der Waals surface area contributed by atoms with Gasteiger partial charge in [-0.1, -0.05) is 97.4 Å². The highest BCUT2D eigenvalue weighted by molar-refractivity contribution is 5.94. The molecular weight excluding hydrogens is 524 g/mol. The number of aryl methyl sites for hydroxylation is 1. The van der Waals surface area contributed by atoms with Crippen LogP contribution in [0.25, 0.3) is 0 Å². The normalized spacial score (nSPS) is 9.33. The Morgan fingerprint density at radius 1 is 0.786 bits per heavy atom. The van der Waals surface area contributed by atoms with E-state index >= 15 is 0 Å². The van der Waals surface area contributed by atoms with E-state index in [1.807, 2.05) is 52.0 Å². The maximum atomic E-state index is 11.2. The average Bonchev–Trinajstić information content (AvgIpc) is 3.00. The molecule has 1 atom stereocenters. The minimum atomic E-state index is -0.787. The van der Waals surface area contributed by atoms with Crippen molar-refractivity contribution in [3.05, 3.63) is 70.8 Å². The molecule has 0 aliphatic heterocycles. The van der Waals surface area contributed by atoms with Crippen LogP contribution in [0.2, 0.25) is 0 Å². The van der Waals surface area contributed by atoms with Crippen LogP contribution < -0.4 is 0 Å². The summed E-state index contributed by atoms with van der Waals surface area (Å²) in [4.78, 5) is 29.9. The van der Waals surface area contributed by atoms with Crippen molar-refractivity contribution in [3.63, 3.8) is 0 Å². The van der Waals surface area contributed by atoms with Crippen LogP contribution in [0.5, 0.6) is 0 Å². The molecule has 0 aliphatic carbocycles. The number of aliphatic hydroxyl groups excluding tert-OH is 1. The second-order valence-corrected chi connectivity index (χ2v) is 8.67. The first kappa shape index (κ1) is 45.9. The van der Waals surface area contributed by atoms with Gasteiger partial charge < -0.3 is 14.6 Å². The highest BCUT2D eigenvalue weighted by Crippen LogP contribution is 2.09. The SMILES string of the molecule is CC.CC.CC(=O)C(C)O.CC=O.CCCCCc1ccc(C#Cc2ccc(C(C)=O)cc2)cc1.CCCOCCC. The minimum Gasteiger partial charge on any atom is -0.386 e. The second-order valence-electron chi connectivity index (χ2n) is 8.67. The highest BCUT2D eigenvalue weighted by Gasteiger charge is 1.98. The predicted octanol–water partition coefficient (Wildman–Crippen LogP) is 9.06. The van der Waals surface area contributed by atoms with Crippen molar-refractivity contribution in [2.75, 3.05) is 13.2 Å². The highest BCUT2D eigenvalue weighted by atomic mass is 16.5. The third-order valence-corrected chi connectivity index (χ3v) is 4.95. The maximum absolute atomic E-state index is 11.2. The van der Waals surface area contributed by atoms with Crippen LogP contribution in [0.3, 0.4) is 0 Å². The van der Waals surface area contributed by atoms with Crippen LogP contribution in [0.15, 0.2) is 48.5 Å². The van der Waals surface area contributed by atoms with E-state index in [0.717, 1.165) is 55.5 Å². The lowest BCUT2D eigenvalue weighted by molar-refractivity contribution is -0.124. The van der Waals surface area contributed by atoms with Crippen LogP contribution >= 0.6 is 0 Å². The number of carbonyl (C=O) groups is 3. The minimum absolute atomic E-state index is 0.0816. The third-order valence-electron chi connectivity index (χ3n) is 4.95. The summed E-state index contributed by atoms with van der Waals surface area (Å²) >= 11 is 0. The number of hydrogen-bond acceptors (Lipinski definition) is 5. The topological polar surface area (TPSA) is 80.7 Å². The smallest absolute Gasteiger partial charge is 0.159 e. The van der Waals surface area contributed by atoms with Gasteiger partial charge in [0, 0.05) is 29.9 Å². The van der Waals surface area contributed by atoms with Crippen molar-refractivity contribution in [2.24, 2.45) is 0 Å². The van der Waals surface area contributed by atoms with Crippen molar-refractivity contribution in [2.45, 2.75) is 121 Å². The molecular formula is C37H60O5. The molecule has 2 aromatic rings. The van der Waals surface area contributed by atoms with Gasteiger partial charge in [-0.25, -0.2) is 0 Å². The van der Waals surface area contributed by atoms with Crippen molar-refractivity contribution >= 4 is 17.9 Å². The quantitative estimate of drug-likeness (QED) is 0.130. The Morgan fingerprint density at radius 2 is 1.17 bits per heavy atom. The van der Waals surface area contributed by atoms with Crippen molar-refractivity contribution in [1.29, 1.82) is 0 Å². The maximum Gasteiger partial charge on any atom is 0.159 e. The van der Waals surface area contributed by atoms with Crippen LogP contribution in [0.1, 0.15) is 135 Å². The summed E-state index contributed by atoms with van der Waals surface area (Å²) in [5.41, 5.74) is 4.05. The fourth-order valence-corrected chi connectivity index (χ4v) is 2.66. The average molecular weight is 585 g/mol. The van der Waals surface area contributed by atoms with E-state index in [-0.39, 0.29) is 11.6 Å². The summed E-state index contributed by atoms with van der Waals surface area (Å²) in [5, 5.41) is 8.28. The summed E-state index contributed by atoms with van der Waals surface area (Å²) in [6, 6.07) is 15.9. The number of benzene rings is 2. The zero-order chi connectivity index (χ0) is 33.2. The largest absolute Gasteiger partial charge is 0.386 e. The first-order chi connectivity index (χ1) is 20.2. The molecule has 5 nitrogen and oxygen atoms in total. The molecule has 238 valence electrons. The molecule has 0 aromatic heterocycles. The fraction of sp³-hybridized carbons (Fsp3) is 0.541. The molecule has 0 aliphatic rings. The van der Waals surface area contributed by atoms with E-state index in [1.54, 1.807) is 6.92 Å². The molecule has 5 heteroatoms. The van der Waals surface area contributed by atoms with Gasteiger partial charge in [0.1, 0.15) is 12.4 Å². The Morgan fingerprint density at radius 3 is 1.48 bits per heavy atom. The van der Waals surface area contributed by atoms with Gasteiger partial charge in [-0.05, 0) is 83.2 Å². The molecule has 2 rings (SSSR count). The van der Waals surface area contributed by atoms with Crippen molar-refractivity contribution < 1.29 is 24.2 Å². The molecule has 2 aromatic carbocycles. The molecule has 0 saturated carbocycles. The molecule has 0 heterocycles. The number of aldehydes is 1. The van der Waals surface area contributed by atoms with Gasteiger partial charge in [-0.15, -0.1) is 0 Å². The van der Waals surface area contributed by atoms with E-state index < -0.39 is 6.10 Å². The first-order valence-corrected chi connectivity index (χ1v) is 15.5. The summed E-state index contributed by atoms with van der Waals surface area (Å²) in [5.74, 6) is 6.20. The standard InChI is InChI=1S/C21H22O.C6H14O.C4H8O2.C2H4O.2C2H6/c1-3-4-5-6-18-7-9-19(10-8-18)11-12-20-13-15-21(16-14-20)17(2)22;1-3-5-7-6-4-2;1-3(5)4(2)6;1-2-3;2*1-2/h7-10,13-16H,3-6H2,1-2H3;3-6H2,1-2H3;3,5H,1-2H3;2H,1H3;2*1-2H3. The van der Waals surface area contributed by atoms with Crippen molar-refractivity contribution in [3.8, 4) is 11.8 Å². The number of carbonyl (C=O) groups excluding carboxylic acids is 3. The lowest BCUT2D eigenvalue weighted by Crippen LogP contribution is -2.10. The van der Waals surface area contributed by atoms with Gasteiger partial charge in [0.05, 0.1) is 0 Å². The third kappa shape index (κ3) is 31.5. The van der Waals surface area contributed by atoms with Crippen molar-refractivity contribution in [1.82, 2.24) is 0 Å². The van der Waals surface area contributed by atoms with E-state index in [0.29, 0.717) is 0 Å². The Kier molecular flexibility index (Phi) is 39.3. The number of ketones is 2. The molecule has 0 saturated heterocycles. The summed E-state index contributed by atoms with van der Waals surface area (Å²) in [6.07, 6.45) is 7.19.